The van der Waals surface area contributed by atoms with Crippen LogP contribution in [-0.2, 0) is 0 Å². The average Bonchev–Trinajstić information content (AvgIpc) is 2.75. The molecular weight excluding hydrogens is 387 g/mol. The number of nitrogens with zero attached hydrogens (tertiary/aromatic N) is 3. The van der Waals surface area contributed by atoms with Gasteiger partial charge in [-0.25, -0.2) is 19.3 Å². The van der Waals surface area contributed by atoms with Crippen LogP contribution in [0.25, 0.3) is 44.2 Å². The zero-order chi connectivity index (χ0) is 20.0. The Balaban J connectivity index is 1.87. The lowest BCUT2D eigenvalue weighted by atomic mass is 9.95. The molecule has 0 aliphatic heterocycles. The number of pyridine rings is 3. The van der Waals surface area contributed by atoms with Gasteiger partial charge < -0.3 is 5.73 Å². The molecule has 29 heavy (non-hydrogen) atoms. The number of fused-ring (bicyclic) bond motifs is 2. The summed E-state index contributed by atoms with van der Waals surface area (Å²) >= 11 is 6.11. The number of benzene rings is 2. The Hall–Kier alpha value is -3.57. The maximum Gasteiger partial charge on any atom is 0.160 e. The molecule has 5 aromatic rings. The van der Waals surface area contributed by atoms with E-state index in [9.17, 15) is 4.39 Å². The van der Waals surface area contributed by atoms with Crippen LogP contribution in [0.1, 0.15) is 0 Å². The van der Waals surface area contributed by atoms with E-state index < -0.39 is 5.82 Å². The van der Waals surface area contributed by atoms with Gasteiger partial charge in [0.2, 0.25) is 0 Å². The predicted molar refractivity (Wildman–Crippen MR) is 115 cm³/mol. The summed E-state index contributed by atoms with van der Waals surface area (Å²) in [6.07, 6.45) is 3.35. The SMILES string of the molecule is Nc1nccc2c(-c3cc(-c4cc(Cl)ccc4F)nc4ncccc34)cccc12. The number of hydrogen-bond acceptors (Lipinski definition) is 4. The first-order valence-electron chi connectivity index (χ1n) is 8.96. The van der Waals surface area contributed by atoms with Gasteiger partial charge in [0, 0.05) is 33.8 Å². The lowest BCUT2D eigenvalue weighted by Crippen LogP contribution is -1.95. The Kier molecular flexibility index (Phi) is 4.11. The summed E-state index contributed by atoms with van der Waals surface area (Å²) in [4.78, 5) is 13.2. The lowest BCUT2D eigenvalue weighted by Gasteiger charge is -2.13. The Labute approximate surface area is 170 Å². The fourth-order valence-electron chi connectivity index (χ4n) is 3.58. The molecule has 5 rings (SSSR count). The second kappa shape index (κ2) is 6.79. The summed E-state index contributed by atoms with van der Waals surface area (Å²) in [6, 6.07) is 17.9. The number of aromatic nitrogens is 3. The van der Waals surface area contributed by atoms with E-state index in [1.54, 1.807) is 18.5 Å². The van der Waals surface area contributed by atoms with Crippen molar-refractivity contribution in [1.82, 2.24) is 15.0 Å². The summed E-state index contributed by atoms with van der Waals surface area (Å²) in [5.74, 6) is 0.0661. The minimum absolute atomic E-state index is 0.327. The van der Waals surface area contributed by atoms with E-state index in [1.165, 1.54) is 12.1 Å². The monoisotopic (exact) mass is 400 g/mol. The summed E-state index contributed by atoms with van der Waals surface area (Å²) in [5, 5.41) is 3.11. The Morgan fingerprint density at radius 3 is 2.52 bits per heavy atom. The summed E-state index contributed by atoms with van der Waals surface area (Å²) in [5.41, 5.74) is 9.22. The largest absolute Gasteiger partial charge is 0.383 e. The van der Waals surface area contributed by atoms with Gasteiger partial charge in [-0.05, 0) is 59.0 Å². The van der Waals surface area contributed by atoms with Gasteiger partial charge in [-0.1, -0.05) is 29.8 Å². The van der Waals surface area contributed by atoms with Gasteiger partial charge >= 0.3 is 0 Å². The van der Waals surface area contributed by atoms with Crippen LogP contribution in [-0.4, -0.2) is 15.0 Å². The number of nitrogen functional groups attached to an aromatic ring is 1. The predicted octanol–water partition coefficient (Wildman–Crippen LogP) is 5.89. The van der Waals surface area contributed by atoms with E-state index >= 15 is 0 Å². The maximum atomic E-state index is 14.6. The highest BCUT2D eigenvalue weighted by molar-refractivity contribution is 6.30. The molecule has 0 amide bonds. The molecule has 0 bridgehead atoms. The highest BCUT2D eigenvalue weighted by Gasteiger charge is 2.15. The van der Waals surface area contributed by atoms with E-state index in [1.807, 2.05) is 42.5 Å². The Morgan fingerprint density at radius 2 is 1.62 bits per heavy atom. The van der Waals surface area contributed by atoms with Gasteiger partial charge in [-0.15, -0.1) is 0 Å². The van der Waals surface area contributed by atoms with Crippen LogP contribution < -0.4 is 5.73 Å². The smallest absolute Gasteiger partial charge is 0.160 e. The number of halogens is 2. The van der Waals surface area contributed by atoms with Crippen molar-refractivity contribution >= 4 is 39.2 Å². The number of anilines is 1. The topological polar surface area (TPSA) is 64.7 Å². The van der Waals surface area contributed by atoms with Crippen LogP contribution in [0.3, 0.4) is 0 Å². The molecule has 4 nitrogen and oxygen atoms in total. The molecule has 0 saturated carbocycles. The second-order valence-electron chi connectivity index (χ2n) is 6.65. The van der Waals surface area contributed by atoms with E-state index in [4.69, 9.17) is 17.3 Å². The first-order valence-corrected chi connectivity index (χ1v) is 9.34. The van der Waals surface area contributed by atoms with Crippen molar-refractivity contribution in [3.05, 3.63) is 83.9 Å². The number of rotatable bonds is 2. The molecule has 0 aliphatic carbocycles. The van der Waals surface area contributed by atoms with Crippen molar-refractivity contribution in [3.63, 3.8) is 0 Å². The van der Waals surface area contributed by atoms with Crippen molar-refractivity contribution in [2.24, 2.45) is 0 Å². The zero-order valence-corrected chi connectivity index (χ0v) is 15.9. The van der Waals surface area contributed by atoms with E-state index in [0.29, 0.717) is 27.7 Å². The number of hydrogen-bond donors (Lipinski definition) is 1. The van der Waals surface area contributed by atoms with Crippen LogP contribution in [0.2, 0.25) is 5.02 Å². The first-order chi connectivity index (χ1) is 14.1. The third-order valence-corrected chi connectivity index (χ3v) is 5.15. The molecule has 3 heterocycles. The Morgan fingerprint density at radius 1 is 0.759 bits per heavy atom. The molecule has 2 N–H and O–H groups in total. The van der Waals surface area contributed by atoms with Gasteiger partial charge in [0.15, 0.2) is 5.65 Å². The van der Waals surface area contributed by atoms with Gasteiger partial charge in [0.1, 0.15) is 11.6 Å². The molecule has 140 valence electrons. The highest BCUT2D eigenvalue weighted by atomic mass is 35.5. The summed E-state index contributed by atoms with van der Waals surface area (Å²) < 4.78 is 14.6. The number of nitrogens with two attached hydrogens (primary N) is 1. The summed E-state index contributed by atoms with van der Waals surface area (Å²) in [6.45, 7) is 0. The molecule has 2 aromatic carbocycles. The molecule has 0 spiro atoms. The Bertz CT molecular complexity index is 1400. The molecular formula is C23H14ClFN4. The van der Waals surface area contributed by atoms with E-state index in [2.05, 4.69) is 15.0 Å². The van der Waals surface area contributed by atoms with Crippen LogP contribution in [0.4, 0.5) is 10.2 Å². The average molecular weight is 401 g/mol. The fourth-order valence-corrected chi connectivity index (χ4v) is 3.75. The second-order valence-corrected chi connectivity index (χ2v) is 7.09. The van der Waals surface area contributed by atoms with Gasteiger partial charge in [0.05, 0.1) is 5.69 Å². The normalized spacial score (nSPS) is 11.2. The van der Waals surface area contributed by atoms with Gasteiger partial charge in [-0.2, -0.15) is 0 Å². The summed E-state index contributed by atoms with van der Waals surface area (Å²) in [7, 11) is 0. The standard InChI is InChI=1S/C23H14ClFN4/c24-13-6-7-20(25)19(11-13)21-12-18(17-5-2-9-28-23(17)29-21)14-3-1-4-16-15(14)8-10-27-22(16)26/h1-12H,(H2,26,27). The minimum Gasteiger partial charge on any atom is -0.383 e. The molecule has 6 heteroatoms. The van der Waals surface area contributed by atoms with Crippen LogP contribution in [0.15, 0.2) is 73.1 Å². The van der Waals surface area contributed by atoms with E-state index in [0.717, 1.165) is 27.3 Å². The van der Waals surface area contributed by atoms with Crippen LogP contribution >= 0.6 is 11.6 Å². The molecule has 0 atom stereocenters. The van der Waals surface area contributed by atoms with Crippen LogP contribution in [0, 0.1) is 5.82 Å². The van der Waals surface area contributed by atoms with Crippen molar-refractivity contribution in [2.45, 2.75) is 0 Å². The maximum absolute atomic E-state index is 14.6. The fraction of sp³-hybridized carbons (Fsp3) is 0. The van der Waals surface area contributed by atoms with Gasteiger partial charge in [-0.3, -0.25) is 0 Å². The molecule has 0 radical (unpaired) electrons. The molecule has 0 aliphatic rings. The van der Waals surface area contributed by atoms with Crippen molar-refractivity contribution < 1.29 is 4.39 Å². The van der Waals surface area contributed by atoms with Crippen molar-refractivity contribution in [3.8, 4) is 22.4 Å². The van der Waals surface area contributed by atoms with E-state index in [-0.39, 0.29) is 0 Å². The van der Waals surface area contributed by atoms with Gasteiger partial charge in [0.25, 0.3) is 0 Å². The minimum atomic E-state index is -0.394. The van der Waals surface area contributed by atoms with Crippen molar-refractivity contribution in [1.29, 1.82) is 0 Å². The van der Waals surface area contributed by atoms with Crippen LogP contribution in [0.5, 0.6) is 0 Å². The molecule has 0 fully saturated rings. The highest BCUT2D eigenvalue weighted by Crippen LogP contribution is 2.37. The molecule has 0 unspecified atom stereocenters. The molecule has 0 saturated heterocycles. The third kappa shape index (κ3) is 2.96. The quantitative estimate of drug-likeness (QED) is 0.401. The zero-order valence-electron chi connectivity index (χ0n) is 15.1. The first kappa shape index (κ1) is 17.5. The lowest BCUT2D eigenvalue weighted by molar-refractivity contribution is 0.631. The molecule has 3 aromatic heterocycles. The third-order valence-electron chi connectivity index (χ3n) is 4.92. The van der Waals surface area contributed by atoms with Crippen molar-refractivity contribution in [2.75, 3.05) is 5.73 Å².